The minimum Gasteiger partial charge on any atom is -0.314 e. The van der Waals surface area contributed by atoms with Crippen molar-refractivity contribution in [2.24, 2.45) is 5.92 Å². The second kappa shape index (κ2) is 7.31. The summed E-state index contributed by atoms with van der Waals surface area (Å²) in [5.74, 6) is 0.944. The molecule has 106 valence electrons. The molecule has 19 heavy (non-hydrogen) atoms. The van der Waals surface area contributed by atoms with E-state index in [0.29, 0.717) is 0 Å². The fourth-order valence-corrected chi connectivity index (χ4v) is 3.03. The van der Waals surface area contributed by atoms with Gasteiger partial charge >= 0.3 is 0 Å². The van der Waals surface area contributed by atoms with E-state index in [1.165, 1.54) is 43.2 Å². The van der Waals surface area contributed by atoms with Crippen LogP contribution in [0.4, 0.5) is 0 Å². The van der Waals surface area contributed by atoms with Crippen LogP contribution in [-0.2, 0) is 6.42 Å². The SMILES string of the molecule is CCCNC(CCCc1ccc(C)cc1Cl)C1CC1. The largest absolute Gasteiger partial charge is 0.314 e. The van der Waals surface area contributed by atoms with Crippen LogP contribution >= 0.6 is 11.6 Å². The molecule has 0 radical (unpaired) electrons. The summed E-state index contributed by atoms with van der Waals surface area (Å²) < 4.78 is 0. The number of benzene rings is 1. The number of rotatable bonds is 8. The maximum atomic E-state index is 6.29. The van der Waals surface area contributed by atoms with Crippen LogP contribution < -0.4 is 5.32 Å². The van der Waals surface area contributed by atoms with Crippen molar-refractivity contribution >= 4 is 11.6 Å². The smallest absolute Gasteiger partial charge is 0.0440 e. The molecular weight excluding hydrogens is 254 g/mol. The van der Waals surface area contributed by atoms with Crippen molar-refractivity contribution in [3.05, 3.63) is 34.3 Å². The average molecular weight is 280 g/mol. The molecule has 1 saturated carbocycles. The van der Waals surface area contributed by atoms with E-state index < -0.39 is 0 Å². The molecule has 0 bridgehead atoms. The molecule has 2 rings (SSSR count). The molecule has 1 N–H and O–H groups in total. The summed E-state index contributed by atoms with van der Waals surface area (Å²) in [6.45, 7) is 5.49. The molecule has 1 nitrogen and oxygen atoms in total. The third-order valence-corrected chi connectivity index (χ3v) is 4.37. The highest BCUT2D eigenvalue weighted by atomic mass is 35.5. The van der Waals surface area contributed by atoms with Crippen LogP contribution in [0.15, 0.2) is 18.2 Å². The Kier molecular flexibility index (Phi) is 5.72. The average Bonchev–Trinajstić information content (AvgIpc) is 3.20. The summed E-state index contributed by atoms with van der Waals surface area (Å²) in [4.78, 5) is 0. The Morgan fingerprint density at radius 3 is 2.79 bits per heavy atom. The molecule has 1 aliphatic rings. The topological polar surface area (TPSA) is 12.0 Å². The molecule has 1 atom stereocenters. The van der Waals surface area contributed by atoms with Crippen LogP contribution in [0.5, 0.6) is 0 Å². The van der Waals surface area contributed by atoms with Crippen molar-refractivity contribution in [1.29, 1.82) is 0 Å². The van der Waals surface area contributed by atoms with Gasteiger partial charge in [0.2, 0.25) is 0 Å². The van der Waals surface area contributed by atoms with Crippen LogP contribution in [0.3, 0.4) is 0 Å². The number of hydrogen-bond acceptors (Lipinski definition) is 1. The summed E-state index contributed by atoms with van der Waals surface area (Å²) >= 11 is 6.29. The molecule has 1 aromatic carbocycles. The lowest BCUT2D eigenvalue weighted by Crippen LogP contribution is -2.31. The second-order valence-electron chi connectivity index (χ2n) is 5.89. The van der Waals surface area contributed by atoms with Crippen LogP contribution in [0.25, 0.3) is 0 Å². The van der Waals surface area contributed by atoms with E-state index >= 15 is 0 Å². The Labute approximate surface area is 122 Å². The molecule has 0 aliphatic heterocycles. The quantitative estimate of drug-likeness (QED) is 0.724. The first kappa shape index (κ1) is 14.9. The van der Waals surface area contributed by atoms with Crippen LogP contribution in [0.1, 0.15) is 50.2 Å². The van der Waals surface area contributed by atoms with Crippen molar-refractivity contribution in [2.75, 3.05) is 6.54 Å². The summed E-state index contributed by atoms with van der Waals surface area (Å²) in [6, 6.07) is 7.16. The lowest BCUT2D eigenvalue weighted by atomic mass is 10.0. The monoisotopic (exact) mass is 279 g/mol. The standard InChI is InChI=1S/C17H26ClN/c1-3-11-19-17(15-9-10-15)6-4-5-14-8-7-13(2)12-16(14)18/h7-8,12,15,17,19H,3-6,9-11H2,1-2H3. The van der Waals surface area contributed by atoms with Crippen molar-refractivity contribution in [3.63, 3.8) is 0 Å². The molecular formula is C17H26ClN. The van der Waals surface area contributed by atoms with Gasteiger partial charge in [0.15, 0.2) is 0 Å². The predicted molar refractivity (Wildman–Crippen MR) is 83.9 cm³/mol. The van der Waals surface area contributed by atoms with Gasteiger partial charge in [0.25, 0.3) is 0 Å². The molecule has 0 saturated heterocycles. The molecule has 0 amide bonds. The van der Waals surface area contributed by atoms with E-state index in [1.54, 1.807) is 0 Å². The Bertz CT molecular complexity index is 398. The van der Waals surface area contributed by atoms with Gasteiger partial charge in [-0.3, -0.25) is 0 Å². The maximum Gasteiger partial charge on any atom is 0.0440 e. The van der Waals surface area contributed by atoms with Gasteiger partial charge in [-0.15, -0.1) is 0 Å². The third kappa shape index (κ3) is 4.81. The third-order valence-electron chi connectivity index (χ3n) is 4.02. The molecule has 0 heterocycles. The highest BCUT2D eigenvalue weighted by Crippen LogP contribution is 2.34. The van der Waals surface area contributed by atoms with E-state index in [0.717, 1.165) is 29.9 Å². The van der Waals surface area contributed by atoms with E-state index in [-0.39, 0.29) is 0 Å². The Morgan fingerprint density at radius 1 is 1.37 bits per heavy atom. The van der Waals surface area contributed by atoms with Crippen LogP contribution in [0.2, 0.25) is 5.02 Å². The Balaban J connectivity index is 1.77. The van der Waals surface area contributed by atoms with Crippen molar-refractivity contribution < 1.29 is 0 Å². The van der Waals surface area contributed by atoms with Gasteiger partial charge in [-0.05, 0) is 75.1 Å². The molecule has 0 aromatic heterocycles. The molecule has 2 heteroatoms. The Hall–Kier alpha value is -0.530. The second-order valence-corrected chi connectivity index (χ2v) is 6.29. The van der Waals surface area contributed by atoms with E-state index in [9.17, 15) is 0 Å². The predicted octanol–water partition coefficient (Wildman–Crippen LogP) is 4.75. The molecule has 1 aromatic rings. The van der Waals surface area contributed by atoms with Crippen molar-refractivity contribution in [1.82, 2.24) is 5.32 Å². The zero-order valence-electron chi connectivity index (χ0n) is 12.2. The first-order valence-corrected chi connectivity index (χ1v) is 8.07. The highest BCUT2D eigenvalue weighted by Gasteiger charge is 2.30. The van der Waals surface area contributed by atoms with Gasteiger partial charge in [-0.25, -0.2) is 0 Å². The van der Waals surface area contributed by atoms with E-state index in [1.807, 2.05) is 0 Å². The van der Waals surface area contributed by atoms with Gasteiger partial charge in [-0.2, -0.15) is 0 Å². The van der Waals surface area contributed by atoms with Gasteiger partial charge in [0, 0.05) is 11.1 Å². The summed E-state index contributed by atoms with van der Waals surface area (Å²) in [5, 5.41) is 4.64. The van der Waals surface area contributed by atoms with Crippen LogP contribution in [-0.4, -0.2) is 12.6 Å². The lowest BCUT2D eigenvalue weighted by Gasteiger charge is -2.18. The van der Waals surface area contributed by atoms with Gasteiger partial charge in [-0.1, -0.05) is 30.7 Å². The van der Waals surface area contributed by atoms with Gasteiger partial charge in [0.05, 0.1) is 0 Å². The van der Waals surface area contributed by atoms with E-state index in [2.05, 4.69) is 37.4 Å². The summed E-state index contributed by atoms with van der Waals surface area (Å²) in [6.07, 6.45) is 7.71. The molecule has 1 aliphatic carbocycles. The molecule has 1 fully saturated rings. The minimum atomic E-state index is 0.740. The fourth-order valence-electron chi connectivity index (χ4n) is 2.70. The van der Waals surface area contributed by atoms with Crippen molar-refractivity contribution in [3.8, 4) is 0 Å². The lowest BCUT2D eigenvalue weighted by molar-refractivity contribution is 0.425. The number of halogens is 1. The highest BCUT2D eigenvalue weighted by molar-refractivity contribution is 6.31. The normalized spacial score (nSPS) is 16.6. The first-order chi connectivity index (χ1) is 9.20. The molecule has 0 spiro atoms. The minimum absolute atomic E-state index is 0.740. The summed E-state index contributed by atoms with van der Waals surface area (Å²) in [5.41, 5.74) is 2.55. The van der Waals surface area contributed by atoms with E-state index in [4.69, 9.17) is 11.6 Å². The maximum absolute atomic E-state index is 6.29. The fraction of sp³-hybridized carbons (Fsp3) is 0.647. The first-order valence-electron chi connectivity index (χ1n) is 7.69. The summed E-state index contributed by atoms with van der Waals surface area (Å²) in [7, 11) is 0. The zero-order chi connectivity index (χ0) is 13.7. The van der Waals surface area contributed by atoms with Gasteiger partial charge < -0.3 is 5.32 Å². The Morgan fingerprint density at radius 2 is 2.16 bits per heavy atom. The number of aryl methyl sites for hydroxylation is 2. The van der Waals surface area contributed by atoms with Gasteiger partial charge in [0.1, 0.15) is 0 Å². The zero-order valence-corrected chi connectivity index (χ0v) is 13.0. The molecule has 1 unspecified atom stereocenters. The number of hydrogen-bond donors (Lipinski definition) is 1. The van der Waals surface area contributed by atoms with Crippen molar-refractivity contribution in [2.45, 2.75) is 58.4 Å². The number of nitrogens with one attached hydrogen (secondary N) is 1. The van der Waals surface area contributed by atoms with Crippen LogP contribution in [0, 0.1) is 12.8 Å².